The van der Waals surface area contributed by atoms with Gasteiger partial charge in [0.25, 0.3) is 0 Å². The molecule has 0 unspecified atom stereocenters. The molecule has 4 heterocycles. The van der Waals surface area contributed by atoms with Gasteiger partial charge in [0.05, 0.1) is 25.5 Å². The summed E-state index contributed by atoms with van der Waals surface area (Å²) >= 11 is 0. The van der Waals surface area contributed by atoms with Gasteiger partial charge in [-0.3, -0.25) is 0 Å². The molecule has 0 aliphatic carbocycles. The van der Waals surface area contributed by atoms with Gasteiger partial charge in [0.2, 0.25) is 5.88 Å². The Balaban J connectivity index is 1.45. The highest BCUT2D eigenvalue weighted by Gasteiger charge is 2.34. The average Bonchev–Trinajstić information content (AvgIpc) is 2.90. The third-order valence-electron chi connectivity index (χ3n) is 5.11. The van der Waals surface area contributed by atoms with Crippen molar-refractivity contribution in [2.45, 2.75) is 19.4 Å². The van der Waals surface area contributed by atoms with Gasteiger partial charge in [-0.05, 0) is 25.5 Å². The first-order valence-corrected chi connectivity index (χ1v) is 9.01. The molecule has 0 bridgehead atoms. The van der Waals surface area contributed by atoms with Crippen molar-refractivity contribution in [1.82, 2.24) is 20.2 Å². The zero-order chi connectivity index (χ0) is 17.9. The van der Waals surface area contributed by atoms with Gasteiger partial charge in [0, 0.05) is 38.2 Å². The summed E-state index contributed by atoms with van der Waals surface area (Å²) in [5.74, 6) is 2.89. The number of methoxy groups -OCH3 is 1. The molecule has 2 aromatic rings. The molecule has 0 amide bonds. The van der Waals surface area contributed by atoms with Gasteiger partial charge >= 0.3 is 0 Å². The molecular weight excluding hydrogens is 332 g/mol. The van der Waals surface area contributed by atoms with Crippen molar-refractivity contribution in [2.24, 2.45) is 5.92 Å². The van der Waals surface area contributed by atoms with Crippen LogP contribution in [-0.2, 0) is 4.74 Å². The number of rotatable bonds is 3. The van der Waals surface area contributed by atoms with Crippen LogP contribution < -0.4 is 14.5 Å². The van der Waals surface area contributed by atoms with Gasteiger partial charge in [-0.2, -0.15) is 5.10 Å². The highest BCUT2D eigenvalue weighted by atomic mass is 16.5. The minimum absolute atomic E-state index is 0.188. The number of fused-ring (bicyclic) bond motifs is 1. The summed E-state index contributed by atoms with van der Waals surface area (Å²) in [6.45, 7) is 6.21. The van der Waals surface area contributed by atoms with E-state index in [1.807, 2.05) is 25.1 Å². The lowest BCUT2D eigenvalue weighted by molar-refractivity contribution is 0.0251. The van der Waals surface area contributed by atoms with Crippen LogP contribution in [0.1, 0.15) is 12.1 Å². The molecule has 2 aromatic heterocycles. The van der Waals surface area contributed by atoms with Crippen molar-refractivity contribution < 1.29 is 9.47 Å². The molecule has 26 heavy (non-hydrogen) atoms. The Labute approximate surface area is 153 Å². The SMILES string of the molecule is COc1cc(N2CC[C@@H]3CN(c4ccc(C)nn4)CCO[C@@H]3C2)ncn1. The van der Waals surface area contributed by atoms with Crippen LogP contribution in [0.15, 0.2) is 24.5 Å². The molecule has 2 aliphatic rings. The molecule has 0 spiro atoms. The van der Waals surface area contributed by atoms with Crippen LogP contribution in [0, 0.1) is 12.8 Å². The number of aromatic nitrogens is 4. The Hall–Kier alpha value is -2.48. The summed E-state index contributed by atoms with van der Waals surface area (Å²) in [5.41, 5.74) is 0.936. The van der Waals surface area contributed by atoms with Crippen molar-refractivity contribution in [3.63, 3.8) is 0 Å². The number of ether oxygens (including phenoxy) is 2. The molecule has 138 valence electrons. The first-order chi connectivity index (χ1) is 12.7. The summed E-state index contributed by atoms with van der Waals surface area (Å²) in [7, 11) is 1.62. The second-order valence-electron chi connectivity index (χ2n) is 6.80. The predicted molar refractivity (Wildman–Crippen MR) is 97.6 cm³/mol. The number of piperidine rings is 1. The molecule has 2 atom stereocenters. The summed E-state index contributed by atoms with van der Waals surface area (Å²) in [5, 5.41) is 8.53. The Kier molecular flexibility index (Phi) is 4.83. The molecule has 8 nitrogen and oxygen atoms in total. The number of nitrogens with zero attached hydrogens (tertiary/aromatic N) is 6. The molecule has 0 radical (unpaired) electrons. The van der Waals surface area contributed by atoms with Crippen LogP contribution in [0.25, 0.3) is 0 Å². The first-order valence-electron chi connectivity index (χ1n) is 9.01. The van der Waals surface area contributed by atoms with Gasteiger partial charge < -0.3 is 19.3 Å². The van der Waals surface area contributed by atoms with E-state index in [9.17, 15) is 0 Å². The van der Waals surface area contributed by atoms with E-state index >= 15 is 0 Å². The van der Waals surface area contributed by atoms with Crippen molar-refractivity contribution in [3.05, 3.63) is 30.2 Å². The third-order valence-corrected chi connectivity index (χ3v) is 5.11. The Bertz CT molecular complexity index is 741. The number of hydrogen-bond donors (Lipinski definition) is 0. The normalized spacial score (nSPS) is 23.3. The molecule has 0 saturated carbocycles. The standard InChI is InChI=1S/C18H24N6O2/c1-13-3-4-16(22-21-13)24-7-8-26-15-11-23(6-5-14(15)10-24)17-9-18(25-2)20-12-19-17/h3-4,9,12,14-15H,5-8,10-11H2,1-2H3/t14-,15-/m1/s1. The van der Waals surface area contributed by atoms with E-state index in [-0.39, 0.29) is 6.10 Å². The summed E-state index contributed by atoms with van der Waals surface area (Å²) in [4.78, 5) is 13.0. The fourth-order valence-corrected chi connectivity index (χ4v) is 3.64. The van der Waals surface area contributed by atoms with E-state index in [2.05, 4.69) is 30.0 Å². The summed E-state index contributed by atoms with van der Waals surface area (Å²) in [6, 6.07) is 5.94. The number of hydrogen-bond acceptors (Lipinski definition) is 8. The van der Waals surface area contributed by atoms with Crippen molar-refractivity contribution in [1.29, 1.82) is 0 Å². The van der Waals surface area contributed by atoms with Crippen LogP contribution in [-0.4, -0.2) is 66.2 Å². The lowest BCUT2D eigenvalue weighted by atomic mass is 9.93. The van der Waals surface area contributed by atoms with Gasteiger partial charge in [0.1, 0.15) is 12.1 Å². The zero-order valence-corrected chi connectivity index (χ0v) is 15.2. The van der Waals surface area contributed by atoms with Crippen LogP contribution in [0.5, 0.6) is 5.88 Å². The predicted octanol–water partition coefficient (Wildman–Crippen LogP) is 1.32. The molecule has 8 heteroatoms. The second-order valence-corrected chi connectivity index (χ2v) is 6.80. The molecule has 2 saturated heterocycles. The fourth-order valence-electron chi connectivity index (χ4n) is 3.64. The maximum absolute atomic E-state index is 6.18. The molecule has 0 N–H and O–H groups in total. The third kappa shape index (κ3) is 3.55. The van der Waals surface area contributed by atoms with Crippen LogP contribution >= 0.6 is 0 Å². The highest BCUT2D eigenvalue weighted by molar-refractivity contribution is 5.42. The van der Waals surface area contributed by atoms with Crippen molar-refractivity contribution in [3.8, 4) is 5.88 Å². The quantitative estimate of drug-likeness (QED) is 0.815. The van der Waals surface area contributed by atoms with Gasteiger partial charge in [0.15, 0.2) is 5.82 Å². The lowest BCUT2D eigenvalue weighted by Crippen LogP contribution is -2.47. The minimum Gasteiger partial charge on any atom is -0.481 e. The minimum atomic E-state index is 0.188. The molecule has 4 rings (SSSR count). The Morgan fingerprint density at radius 2 is 1.96 bits per heavy atom. The second kappa shape index (κ2) is 7.41. The van der Waals surface area contributed by atoms with E-state index in [1.165, 1.54) is 0 Å². The van der Waals surface area contributed by atoms with E-state index in [4.69, 9.17) is 9.47 Å². The first kappa shape index (κ1) is 17.0. The van der Waals surface area contributed by atoms with Gasteiger partial charge in [-0.25, -0.2) is 9.97 Å². The lowest BCUT2D eigenvalue weighted by Gasteiger charge is -2.38. The Morgan fingerprint density at radius 3 is 2.77 bits per heavy atom. The van der Waals surface area contributed by atoms with Crippen molar-refractivity contribution >= 4 is 11.6 Å². The monoisotopic (exact) mass is 356 g/mol. The number of anilines is 2. The largest absolute Gasteiger partial charge is 0.481 e. The van der Waals surface area contributed by atoms with Gasteiger partial charge in [-0.15, -0.1) is 5.10 Å². The topological polar surface area (TPSA) is 76.5 Å². The highest BCUT2D eigenvalue weighted by Crippen LogP contribution is 2.28. The summed E-state index contributed by atoms with van der Waals surface area (Å²) in [6.07, 6.45) is 2.78. The van der Waals surface area contributed by atoms with Crippen LogP contribution in [0.4, 0.5) is 11.6 Å². The van der Waals surface area contributed by atoms with E-state index in [0.29, 0.717) is 18.4 Å². The van der Waals surface area contributed by atoms with Crippen molar-refractivity contribution in [2.75, 3.05) is 49.7 Å². The molecule has 0 aromatic carbocycles. The van der Waals surface area contributed by atoms with Gasteiger partial charge in [-0.1, -0.05) is 0 Å². The maximum Gasteiger partial charge on any atom is 0.218 e. The zero-order valence-electron chi connectivity index (χ0n) is 15.2. The maximum atomic E-state index is 6.18. The average molecular weight is 356 g/mol. The van der Waals surface area contributed by atoms with E-state index in [1.54, 1.807) is 13.4 Å². The van der Waals surface area contributed by atoms with E-state index < -0.39 is 0 Å². The number of aryl methyl sites for hydroxylation is 1. The molecular formula is C18H24N6O2. The van der Waals surface area contributed by atoms with Crippen LogP contribution in [0.2, 0.25) is 0 Å². The van der Waals surface area contributed by atoms with E-state index in [0.717, 1.165) is 49.9 Å². The molecule has 2 fully saturated rings. The smallest absolute Gasteiger partial charge is 0.218 e. The van der Waals surface area contributed by atoms with Crippen LogP contribution in [0.3, 0.4) is 0 Å². The summed E-state index contributed by atoms with van der Waals surface area (Å²) < 4.78 is 11.4. The fraction of sp³-hybridized carbons (Fsp3) is 0.556. The Morgan fingerprint density at radius 1 is 1.08 bits per heavy atom. The molecule has 2 aliphatic heterocycles.